The number of imidazole rings is 1. The van der Waals surface area contributed by atoms with Gasteiger partial charge in [-0.1, -0.05) is 19.9 Å². The molecule has 0 radical (unpaired) electrons. The lowest BCUT2D eigenvalue weighted by atomic mass is 10.1. The number of hydrogen-bond donors (Lipinski definition) is 1. The van der Waals surface area contributed by atoms with E-state index < -0.39 is 0 Å². The molecular formula is C14H17BrFN3. The lowest BCUT2D eigenvalue weighted by Crippen LogP contribution is -2.06. The number of aromatic nitrogens is 2. The van der Waals surface area contributed by atoms with Gasteiger partial charge in [-0.05, 0) is 34.5 Å². The van der Waals surface area contributed by atoms with Crippen molar-refractivity contribution < 1.29 is 4.39 Å². The number of benzene rings is 1. The van der Waals surface area contributed by atoms with Crippen LogP contribution in [0.1, 0.15) is 26.1 Å². The summed E-state index contributed by atoms with van der Waals surface area (Å²) in [4.78, 5) is 4.54. The van der Waals surface area contributed by atoms with E-state index in [9.17, 15) is 4.39 Å². The SMILES string of the molecule is CCCn1c(CC)nc(-c2ccc(Br)c(F)c2)c1N. The largest absolute Gasteiger partial charge is 0.383 e. The first-order chi connectivity index (χ1) is 9.08. The first-order valence-electron chi connectivity index (χ1n) is 6.38. The Labute approximate surface area is 120 Å². The highest BCUT2D eigenvalue weighted by molar-refractivity contribution is 9.10. The van der Waals surface area contributed by atoms with Gasteiger partial charge in [0, 0.05) is 18.5 Å². The van der Waals surface area contributed by atoms with E-state index in [1.807, 2.05) is 17.6 Å². The van der Waals surface area contributed by atoms with Crippen molar-refractivity contribution in [1.82, 2.24) is 9.55 Å². The molecule has 1 aromatic heterocycles. The summed E-state index contributed by atoms with van der Waals surface area (Å²) in [6, 6.07) is 4.95. The van der Waals surface area contributed by atoms with Crippen molar-refractivity contribution in [2.24, 2.45) is 0 Å². The number of rotatable bonds is 4. The number of nitrogens with zero attached hydrogens (tertiary/aromatic N) is 2. The molecule has 1 heterocycles. The van der Waals surface area contributed by atoms with Crippen molar-refractivity contribution >= 4 is 21.7 Å². The molecule has 102 valence electrons. The van der Waals surface area contributed by atoms with Crippen molar-refractivity contribution in [3.8, 4) is 11.3 Å². The Hall–Kier alpha value is -1.36. The zero-order valence-electron chi connectivity index (χ0n) is 11.1. The third kappa shape index (κ3) is 2.66. The smallest absolute Gasteiger partial charge is 0.138 e. The zero-order valence-corrected chi connectivity index (χ0v) is 12.7. The minimum atomic E-state index is -0.306. The Balaban J connectivity index is 2.52. The summed E-state index contributed by atoms with van der Waals surface area (Å²) < 4.78 is 16.1. The average molecular weight is 326 g/mol. The Morgan fingerprint density at radius 1 is 1.37 bits per heavy atom. The van der Waals surface area contributed by atoms with E-state index in [1.165, 1.54) is 6.07 Å². The molecule has 1 aromatic carbocycles. The molecule has 0 fully saturated rings. The van der Waals surface area contributed by atoms with Crippen LogP contribution in [-0.2, 0) is 13.0 Å². The molecule has 0 saturated carbocycles. The van der Waals surface area contributed by atoms with Crippen LogP contribution in [0, 0.1) is 5.82 Å². The fourth-order valence-electron chi connectivity index (χ4n) is 2.11. The molecule has 3 nitrogen and oxygen atoms in total. The molecule has 0 aliphatic heterocycles. The molecule has 0 aliphatic rings. The normalized spacial score (nSPS) is 10.9. The van der Waals surface area contributed by atoms with Crippen molar-refractivity contribution in [3.63, 3.8) is 0 Å². The quantitative estimate of drug-likeness (QED) is 0.923. The Morgan fingerprint density at radius 2 is 2.11 bits per heavy atom. The van der Waals surface area contributed by atoms with Crippen LogP contribution in [0.15, 0.2) is 22.7 Å². The summed E-state index contributed by atoms with van der Waals surface area (Å²) in [5.41, 5.74) is 7.53. The molecule has 0 unspecified atom stereocenters. The summed E-state index contributed by atoms with van der Waals surface area (Å²) in [5, 5.41) is 0. The van der Waals surface area contributed by atoms with Gasteiger partial charge in [-0.3, -0.25) is 0 Å². The molecule has 2 N–H and O–H groups in total. The molecule has 2 aromatic rings. The third-order valence-corrected chi connectivity index (χ3v) is 3.69. The molecule has 5 heteroatoms. The molecule has 19 heavy (non-hydrogen) atoms. The zero-order chi connectivity index (χ0) is 14.0. The molecule has 0 saturated heterocycles. The fraction of sp³-hybridized carbons (Fsp3) is 0.357. The molecule has 0 bridgehead atoms. The van der Waals surface area contributed by atoms with E-state index in [2.05, 4.69) is 27.8 Å². The maximum Gasteiger partial charge on any atom is 0.138 e. The van der Waals surface area contributed by atoms with Crippen LogP contribution in [0.25, 0.3) is 11.3 Å². The van der Waals surface area contributed by atoms with Gasteiger partial charge < -0.3 is 10.3 Å². The van der Waals surface area contributed by atoms with E-state index in [4.69, 9.17) is 5.73 Å². The van der Waals surface area contributed by atoms with Gasteiger partial charge in [-0.2, -0.15) is 0 Å². The average Bonchev–Trinajstić information content (AvgIpc) is 2.71. The van der Waals surface area contributed by atoms with Crippen molar-refractivity contribution in [3.05, 3.63) is 34.3 Å². The minimum absolute atomic E-state index is 0.306. The Bertz CT molecular complexity index is 593. The second kappa shape index (κ2) is 5.74. The standard InChI is InChI=1S/C14H17BrFN3/c1-3-7-19-12(4-2)18-13(14(19)17)9-5-6-10(15)11(16)8-9/h5-6,8H,3-4,7,17H2,1-2H3. The van der Waals surface area contributed by atoms with Crippen LogP contribution >= 0.6 is 15.9 Å². The molecule has 0 spiro atoms. The summed E-state index contributed by atoms with van der Waals surface area (Å²) in [6.45, 7) is 4.97. The number of halogens is 2. The summed E-state index contributed by atoms with van der Waals surface area (Å²) >= 11 is 3.15. The van der Waals surface area contributed by atoms with Crippen LogP contribution in [0.5, 0.6) is 0 Å². The van der Waals surface area contributed by atoms with Gasteiger partial charge in [0.1, 0.15) is 23.2 Å². The molecular weight excluding hydrogens is 309 g/mol. The van der Waals surface area contributed by atoms with Gasteiger partial charge in [0.25, 0.3) is 0 Å². The lowest BCUT2D eigenvalue weighted by Gasteiger charge is -2.06. The minimum Gasteiger partial charge on any atom is -0.383 e. The van der Waals surface area contributed by atoms with Crippen LogP contribution in [0.2, 0.25) is 0 Å². The van der Waals surface area contributed by atoms with Crippen molar-refractivity contribution in [1.29, 1.82) is 0 Å². The number of nitrogen functional groups attached to an aromatic ring is 1. The predicted octanol–water partition coefficient (Wildman–Crippen LogP) is 4.01. The summed E-state index contributed by atoms with van der Waals surface area (Å²) in [5.74, 6) is 1.25. The molecule has 2 rings (SSSR count). The highest BCUT2D eigenvalue weighted by atomic mass is 79.9. The van der Waals surface area contributed by atoms with Crippen LogP contribution < -0.4 is 5.73 Å². The predicted molar refractivity (Wildman–Crippen MR) is 79.4 cm³/mol. The second-order valence-corrected chi connectivity index (χ2v) is 5.25. The van der Waals surface area contributed by atoms with Crippen LogP contribution in [-0.4, -0.2) is 9.55 Å². The highest BCUT2D eigenvalue weighted by Gasteiger charge is 2.15. The maximum atomic E-state index is 13.6. The van der Waals surface area contributed by atoms with E-state index in [0.29, 0.717) is 21.5 Å². The highest BCUT2D eigenvalue weighted by Crippen LogP contribution is 2.29. The van der Waals surface area contributed by atoms with E-state index in [-0.39, 0.29) is 5.82 Å². The third-order valence-electron chi connectivity index (χ3n) is 3.04. The summed E-state index contributed by atoms with van der Waals surface area (Å²) in [6.07, 6.45) is 1.80. The summed E-state index contributed by atoms with van der Waals surface area (Å²) in [7, 11) is 0. The Kier molecular flexibility index (Phi) is 4.24. The van der Waals surface area contributed by atoms with Crippen molar-refractivity contribution in [2.75, 3.05) is 5.73 Å². The van der Waals surface area contributed by atoms with Gasteiger partial charge in [0.15, 0.2) is 0 Å². The maximum absolute atomic E-state index is 13.6. The van der Waals surface area contributed by atoms with E-state index >= 15 is 0 Å². The lowest BCUT2D eigenvalue weighted by molar-refractivity contribution is 0.621. The molecule has 0 amide bonds. The van der Waals surface area contributed by atoms with Gasteiger partial charge in [0.05, 0.1) is 4.47 Å². The second-order valence-electron chi connectivity index (χ2n) is 4.40. The Morgan fingerprint density at radius 3 is 2.68 bits per heavy atom. The number of hydrogen-bond acceptors (Lipinski definition) is 2. The topological polar surface area (TPSA) is 43.8 Å². The van der Waals surface area contributed by atoms with E-state index in [1.54, 1.807) is 6.07 Å². The number of aryl methyl sites for hydroxylation is 1. The van der Waals surface area contributed by atoms with E-state index in [0.717, 1.165) is 25.2 Å². The van der Waals surface area contributed by atoms with Crippen LogP contribution in [0.3, 0.4) is 0 Å². The number of nitrogens with two attached hydrogens (primary N) is 1. The van der Waals surface area contributed by atoms with Gasteiger partial charge >= 0.3 is 0 Å². The van der Waals surface area contributed by atoms with Crippen LogP contribution in [0.4, 0.5) is 10.2 Å². The monoisotopic (exact) mass is 325 g/mol. The van der Waals surface area contributed by atoms with Gasteiger partial charge in [0.2, 0.25) is 0 Å². The first-order valence-corrected chi connectivity index (χ1v) is 7.18. The molecule has 0 atom stereocenters. The van der Waals surface area contributed by atoms with Gasteiger partial charge in [-0.25, -0.2) is 9.37 Å². The molecule has 0 aliphatic carbocycles. The van der Waals surface area contributed by atoms with Crippen molar-refractivity contribution in [2.45, 2.75) is 33.2 Å². The van der Waals surface area contributed by atoms with Gasteiger partial charge in [-0.15, -0.1) is 0 Å². The fourth-order valence-corrected chi connectivity index (χ4v) is 2.36. The number of anilines is 1. The first kappa shape index (κ1) is 14.1.